The zero-order valence-electron chi connectivity index (χ0n) is 14.7. The Kier molecular flexibility index (Phi) is 4.15. The van der Waals surface area contributed by atoms with E-state index in [9.17, 15) is 13.2 Å². The molecule has 5 nitrogen and oxygen atoms in total. The molecule has 1 aromatic carbocycles. The summed E-state index contributed by atoms with van der Waals surface area (Å²) in [4.78, 5) is 15.2. The van der Waals surface area contributed by atoms with E-state index in [2.05, 4.69) is 17.0 Å². The highest BCUT2D eigenvalue weighted by Crippen LogP contribution is 2.48. The Balaban J connectivity index is 1.60. The smallest absolute Gasteiger partial charge is 0.230 e. The number of benzene rings is 1. The molecule has 1 saturated carbocycles. The van der Waals surface area contributed by atoms with Crippen LogP contribution in [-0.2, 0) is 14.8 Å². The summed E-state index contributed by atoms with van der Waals surface area (Å²) in [5.74, 6) is 0.185. The van der Waals surface area contributed by atoms with Gasteiger partial charge in [0, 0.05) is 25.7 Å². The third-order valence-electron chi connectivity index (χ3n) is 6.17. The summed E-state index contributed by atoms with van der Waals surface area (Å²) < 4.78 is 25.3. The van der Waals surface area contributed by atoms with Gasteiger partial charge in [0.2, 0.25) is 15.9 Å². The van der Waals surface area contributed by atoms with Gasteiger partial charge in [-0.1, -0.05) is 30.3 Å². The van der Waals surface area contributed by atoms with E-state index in [1.54, 1.807) is 4.31 Å². The van der Waals surface area contributed by atoms with Crippen molar-refractivity contribution in [1.29, 1.82) is 0 Å². The van der Waals surface area contributed by atoms with E-state index in [0.717, 1.165) is 44.2 Å². The van der Waals surface area contributed by atoms with Crippen molar-refractivity contribution in [3.63, 3.8) is 0 Å². The first-order valence-electron chi connectivity index (χ1n) is 9.19. The van der Waals surface area contributed by atoms with Gasteiger partial charge in [0.05, 0.1) is 12.2 Å². The van der Waals surface area contributed by atoms with E-state index < -0.39 is 10.0 Å². The predicted molar refractivity (Wildman–Crippen MR) is 96.6 cm³/mol. The van der Waals surface area contributed by atoms with E-state index in [-0.39, 0.29) is 17.2 Å². The van der Waals surface area contributed by atoms with E-state index >= 15 is 0 Å². The normalized spacial score (nSPS) is 27.6. The molecule has 4 rings (SSSR count). The van der Waals surface area contributed by atoms with Gasteiger partial charge < -0.3 is 4.90 Å². The average molecular weight is 362 g/mol. The molecule has 1 aliphatic carbocycles. The van der Waals surface area contributed by atoms with Gasteiger partial charge in [-0.3, -0.25) is 4.79 Å². The lowest BCUT2D eigenvalue weighted by Crippen LogP contribution is -2.55. The molecule has 2 saturated heterocycles. The summed E-state index contributed by atoms with van der Waals surface area (Å²) in [5, 5.41) is 0. The van der Waals surface area contributed by atoms with Gasteiger partial charge in [-0.25, -0.2) is 12.7 Å². The highest BCUT2D eigenvalue weighted by atomic mass is 32.2. The molecule has 1 amide bonds. The van der Waals surface area contributed by atoms with Crippen molar-refractivity contribution in [2.24, 2.45) is 5.41 Å². The van der Waals surface area contributed by atoms with Crippen molar-refractivity contribution in [3.8, 4) is 0 Å². The topological polar surface area (TPSA) is 57.7 Å². The molecular formula is C19H26N2O3S. The molecule has 2 heterocycles. The number of piperidine rings is 2. The van der Waals surface area contributed by atoms with Gasteiger partial charge in [0.25, 0.3) is 0 Å². The Morgan fingerprint density at radius 1 is 1.08 bits per heavy atom. The molecule has 25 heavy (non-hydrogen) atoms. The maximum Gasteiger partial charge on any atom is 0.230 e. The van der Waals surface area contributed by atoms with Gasteiger partial charge in [0.1, 0.15) is 0 Å². The highest BCUT2D eigenvalue weighted by Gasteiger charge is 2.50. The van der Waals surface area contributed by atoms with Crippen LogP contribution in [0, 0.1) is 5.41 Å². The zero-order chi connectivity index (χ0) is 17.7. The first-order valence-corrected chi connectivity index (χ1v) is 11.0. The van der Waals surface area contributed by atoms with E-state index in [4.69, 9.17) is 0 Å². The van der Waals surface area contributed by atoms with Crippen molar-refractivity contribution < 1.29 is 13.2 Å². The number of hydrogen-bond donors (Lipinski definition) is 0. The van der Waals surface area contributed by atoms with Crippen molar-refractivity contribution in [2.45, 2.75) is 44.1 Å². The quantitative estimate of drug-likeness (QED) is 0.828. The van der Waals surface area contributed by atoms with Crippen molar-refractivity contribution >= 4 is 15.9 Å². The Hall–Kier alpha value is -1.40. The summed E-state index contributed by atoms with van der Waals surface area (Å²) in [7, 11) is -3.12. The van der Waals surface area contributed by atoms with Crippen LogP contribution in [0.5, 0.6) is 0 Å². The lowest BCUT2D eigenvalue weighted by Gasteiger charge is -2.49. The largest absolute Gasteiger partial charge is 0.339 e. The van der Waals surface area contributed by atoms with Crippen LogP contribution < -0.4 is 0 Å². The number of amides is 1. The van der Waals surface area contributed by atoms with Crippen LogP contribution in [0.15, 0.2) is 30.3 Å². The van der Waals surface area contributed by atoms with Crippen molar-refractivity contribution in [2.75, 3.05) is 25.9 Å². The second kappa shape index (κ2) is 6.09. The van der Waals surface area contributed by atoms with Crippen LogP contribution in [0.25, 0.3) is 0 Å². The number of likely N-dealkylation sites (tertiary alicyclic amines) is 1. The minimum absolute atomic E-state index is 0.0538. The first kappa shape index (κ1) is 17.0. The van der Waals surface area contributed by atoms with Crippen LogP contribution in [0.2, 0.25) is 0 Å². The highest BCUT2D eigenvalue weighted by molar-refractivity contribution is 7.88. The third kappa shape index (κ3) is 3.34. The third-order valence-corrected chi connectivity index (χ3v) is 7.47. The summed E-state index contributed by atoms with van der Waals surface area (Å²) in [6.45, 7) is 1.96. The zero-order valence-corrected chi connectivity index (χ0v) is 15.5. The fraction of sp³-hybridized carbons (Fsp3) is 0.632. The SMILES string of the molecule is CS(=O)(=O)N1CCC2(CC1)C[C@H](c1ccccc1)C(=O)N(C1CC1)C2. The number of sulfonamides is 1. The van der Waals surface area contributed by atoms with Gasteiger partial charge in [0.15, 0.2) is 0 Å². The van der Waals surface area contributed by atoms with Crippen LogP contribution in [0.1, 0.15) is 43.6 Å². The molecule has 3 aliphatic rings. The molecule has 1 aromatic rings. The molecule has 6 heteroatoms. The number of carbonyl (C=O) groups excluding carboxylic acids is 1. The van der Waals surface area contributed by atoms with E-state index in [0.29, 0.717) is 19.1 Å². The Morgan fingerprint density at radius 2 is 1.72 bits per heavy atom. The maximum absolute atomic E-state index is 13.1. The molecule has 0 radical (unpaired) electrons. The van der Waals surface area contributed by atoms with E-state index in [1.165, 1.54) is 6.26 Å². The molecular weight excluding hydrogens is 336 g/mol. The second-order valence-corrected chi connectivity index (χ2v) is 10.0. The summed E-state index contributed by atoms with van der Waals surface area (Å²) in [6, 6.07) is 10.5. The molecule has 0 N–H and O–H groups in total. The van der Waals surface area contributed by atoms with Gasteiger partial charge in [-0.05, 0) is 43.1 Å². The standard InChI is InChI=1S/C19H26N2O3S/c1-25(23,24)20-11-9-19(10-12-20)13-17(15-5-3-2-4-6-15)18(22)21(14-19)16-7-8-16/h2-6,16-17H,7-14H2,1H3/t17-/m1/s1. The van der Waals surface area contributed by atoms with Crippen molar-refractivity contribution in [3.05, 3.63) is 35.9 Å². The Bertz CT molecular complexity index is 750. The van der Waals surface area contributed by atoms with Gasteiger partial charge in [-0.15, -0.1) is 0 Å². The molecule has 0 aromatic heterocycles. The second-order valence-electron chi connectivity index (χ2n) is 8.03. The lowest BCUT2D eigenvalue weighted by atomic mass is 9.68. The molecule has 3 fully saturated rings. The molecule has 0 bridgehead atoms. The summed E-state index contributed by atoms with van der Waals surface area (Å²) in [6.07, 6.45) is 6.05. The lowest BCUT2D eigenvalue weighted by molar-refractivity contribution is -0.142. The van der Waals surface area contributed by atoms with E-state index in [1.807, 2.05) is 18.2 Å². The summed E-state index contributed by atoms with van der Waals surface area (Å²) in [5.41, 5.74) is 1.15. The Labute approximate surface area is 150 Å². The van der Waals surface area contributed by atoms with Crippen LogP contribution >= 0.6 is 0 Å². The van der Waals surface area contributed by atoms with Crippen LogP contribution in [0.3, 0.4) is 0 Å². The Morgan fingerprint density at radius 3 is 2.28 bits per heavy atom. The minimum Gasteiger partial charge on any atom is -0.339 e. The first-order chi connectivity index (χ1) is 11.9. The van der Waals surface area contributed by atoms with Crippen molar-refractivity contribution in [1.82, 2.24) is 9.21 Å². The van der Waals surface area contributed by atoms with Gasteiger partial charge in [-0.2, -0.15) is 0 Å². The number of hydrogen-bond acceptors (Lipinski definition) is 3. The number of rotatable bonds is 3. The average Bonchev–Trinajstić information content (AvgIpc) is 3.42. The number of carbonyl (C=O) groups is 1. The summed E-state index contributed by atoms with van der Waals surface area (Å²) >= 11 is 0. The fourth-order valence-corrected chi connectivity index (χ4v) is 5.37. The maximum atomic E-state index is 13.1. The minimum atomic E-state index is -3.12. The van der Waals surface area contributed by atoms with Crippen LogP contribution in [-0.4, -0.2) is 55.5 Å². The molecule has 1 spiro atoms. The molecule has 2 aliphatic heterocycles. The van der Waals surface area contributed by atoms with Crippen LogP contribution in [0.4, 0.5) is 0 Å². The monoisotopic (exact) mass is 362 g/mol. The predicted octanol–water partition coefficient (Wildman–Crippen LogP) is 2.21. The molecule has 0 unspecified atom stereocenters. The fourth-order valence-electron chi connectivity index (χ4n) is 4.52. The molecule has 136 valence electrons. The number of nitrogens with zero attached hydrogens (tertiary/aromatic N) is 2. The van der Waals surface area contributed by atoms with Gasteiger partial charge >= 0.3 is 0 Å². The molecule has 1 atom stereocenters.